The van der Waals surface area contributed by atoms with Gasteiger partial charge in [-0.1, -0.05) is 11.6 Å². The number of nitrogens with zero attached hydrogens (tertiary/aromatic N) is 1. The van der Waals surface area contributed by atoms with Crippen LogP contribution in [-0.2, 0) is 19.1 Å². The Balaban J connectivity index is 1.62. The summed E-state index contributed by atoms with van der Waals surface area (Å²) in [6.07, 6.45) is 1.01. The number of phenols is 1. The topological polar surface area (TPSA) is 156 Å². The number of thioether (sulfide) groups is 1. The van der Waals surface area contributed by atoms with Crippen LogP contribution < -0.4 is 15.4 Å². The summed E-state index contributed by atoms with van der Waals surface area (Å²) < 4.78 is 18.5. The SMILES string of the molecule is COc1c(O)c2c3c4c1C(C(C)=O)C(C)=CC1C4C4=C(C5=NC(C)(C(=O)O)CSC5C(OC)C4=C3C(OC)CC2=O)C2NC(C)(C)CNC21. The number of methoxy groups -OCH3 is 3. The Bertz CT molecular complexity index is 1890. The van der Waals surface area contributed by atoms with Crippen LogP contribution in [0.15, 0.2) is 33.4 Å². The fourth-order valence-electron chi connectivity index (χ4n) is 9.95. The zero-order valence-corrected chi connectivity index (χ0v) is 29.8. The Morgan fingerprint density at radius 2 is 1.78 bits per heavy atom. The maximum Gasteiger partial charge on any atom is 0.332 e. The lowest BCUT2D eigenvalue weighted by atomic mass is 9.54. The molecular weight excluding hydrogens is 646 g/mol. The molecule has 2 aliphatic heterocycles. The number of ether oxygens (including phenoxy) is 3. The number of piperazine rings is 1. The van der Waals surface area contributed by atoms with E-state index in [1.807, 2.05) is 6.92 Å². The van der Waals surface area contributed by atoms with Gasteiger partial charge in [0.1, 0.15) is 11.9 Å². The molecule has 0 amide bonds. The number of allylic oxidation sites excluding steroid dienone is 1. The van der Waals surface area contributed by atoms with Gasteiger partial charge in [0.05, 0.1) is 41.7 Å². The first-order chi connectivity index (χ1) is 23.2. The molecule has 0 spiro atoms. The molecule has 11 nitrogen and oxygen atoms in total. The molecule has 1 aromatic rings. The van der Waals surface area contributed by atoms with Crippen molar-refractivity contribution in [2.24, 2.45) is 10.9 Å². The highest BCUT2D eigenvalue weighted by Gasteiger charge is 2.61. The van der Waals surface area contributed by atoms with Gasteiger partial charge in [0.2, 0.25) is 0 Å². The number of Topliss-reactive ketones (excluding diaryl/α,β-unsaturated/α-hetero) is 2. The van der Waals surface area contributed by atoms with Gasteiger partial charge in [-0.2, -0.15) is 0 Å². The summed E-state index contributed by atoms with van der Waals surface area (Å²) in [6.45, 7) is 10.1. The van der Waals surface area contributed by atoms with Crippen molar-refractivity contribution in [2.45, 2.75) is 93.5 Å². The van der Waals surface area contributed by atoms with Crippen LogP contribution in [-0.4, -0.2) is 108 Å². The lowest BCUT2D eigenvalue weighted by molar-refractivity contribution is -0.141. The van der Waals surface area contributed by atoms with Gasteiger partial charge in [-0.15, -0.1) is 11.8 Å². The molecule has 260 valence electrons. The lowest BCUT2D eigenvalue weighted by Crippen LogP contribution is -2.71. The zero-order chi connectivity index (χ0) is 35.1. The van der Waals surface area contributed by atoms with Crippen LogP contribution in [0.5, 0.6) is 11.5 Å². The maximum absolute atomic E-state index is 14.1. The monoisotopic (exact) mass is 689 g/mol. The van der Waals surface area contributed by atoms with Crippen LogP contribution in [0.1, 0.15) is 79.9 Å². The number of benzene rings is 1. The Morgan fingerprint density at radius 3 is 2.41 bits per heavy atom. The van der Waals surface area contributed by atoms with Crippen molar-refractivity contribution >= 4 is 40.6 Å². The number of aliphatic carboxylic acids is 1. The first-order valence-electron chi connectivity index (χ1n) is 16.9. The van der Waals surface area contributed by atoms with E-state index in [0.29, 0.717) is 23.4 Å². The van der Waals surface area contributed by atoms with Gasteiger partial charge in [0, 0.05) is 61.9 Å². The molecule has 1 aromatic carbocycles. The fourth-order valence-corrected chi connectivity index (χ4v) is 11.4. The molecule has 1 fully saturated rings. The van der Waals surface area contributed by atoms with Crippen LogP contribution in [0, 0.1) is 5.92 Å². The summed E-state index contributed by atoms with van der Waals surface area (Å²) in [5, 5.41) is 29.8. The van der Waals surface area contributed by atoms with E-state index < -0.39 is 35.6 Å². The van der Waals surface area contributed by atoms with Gasteiger partial charge in [-0.05, 0) is 68.0 Å². The van der Waals surface area contributed by atoms with Crippen LogP contribution in [0.25, 0.3) is 5.57 Å². The van der Waals surface area contributed by atoms with Crippen LogP contribution in [0.2, 0.25) is 0 Å². The number of carboxylic acid groups (broad SMARTS) is 1. The number of phenolic OH excluding ortho intramolecular Hbond substituents is 1. The van der Waals surface area contributed by atoms with Gasteiger partial charge in [-0.3, -0.25) is 14.6 Å². The third-order valence-electron chi connectivity index (χ3n) is 11.9. The van der Waals surface area contributed by atoms with E-state index in [9.17, 15) is 24.6 Å². The Kier molecular flexibility index (Phi) is 7.29. The number of ketones is 2. The van der Waals surface area contributed by atoms with E-state index in [-0.39, 0.29) is 69.6 Å². The predicted octanol–water partition coefficient (Wildman–Crippen LogP) is 3.55. The highest BCUT2D eigenvalue weighted by molar-refractivity contribution is 8.00. The summed E-state index contributed by atoms with van der Waals surface area (Å²) in [4.78, 5) is 45.6. The Labute approximate surface area is 289 Å². The number of carbonyl (C=O) groups is 3. The van der Waals surface area contributed by atoms with Crippen LogP contribution in [0.3, 0.4) is 0 Å². The zero-order valence-electron chi connectivity index (χ0n) is 29.0. The predicted molar refractivity (Wildman–Crippen MR) is 185 cm³/mol. The van der Waals surface area contributed by atoms with Crippen molar-refractivity contribution in [1.82, 2.24) is 10.6 Å². The lowest BCUT2D eigenvalue weighted by Gasteiger charge is -2.57. The normalized spacial score (nSPS) is 36.5. The van der Waals surface area contributed by atoms with Gasteiger partial charge in [0.15, 0.2) is 22.8 Å². The molecule has 7 aliphatic rings. The number of hydrogen-bond donors (Lipinski definition) is 4. The number of nitrogens with one attached hydrogen (secondary N) is 2. The summed E-state index contributed by atoms with van der Waals surface area (Å²) in [7, 11) is 4.71. The smallest absolute Gasteiger partial charge is 0.332 e. The largest absolute Gasteiger partial charge is 0.504 e. The van der Waals surface area contributed by atoms with Crippen molar-refractivity contribution in [3.63, 3.8) is 0 Å². The molecule has 0 aromatic heterocycles. The molecule has 2 heterocycles. The fraction of sp³-hybridized carbons (Fsp3) is 0.568. The minimum absolute atomic E-state index is 0.00707. The second-order valence-electron chi connectivity index (χ2n) is 15.4. The van der Waals surface area contributed by atoms with E-state index in [4.69, 9.17) is 19.2 Å². The average molecular weight is 690 g/mol. The Morgan fingerprint density at radius 1 is 1.04 bits per heavy atom. The van der Waals surface area contributed by atoms with Crippen molar-refractivity contribution in [1.29, 1.82) is 0 Å². The van der Waals surface area contributed by atoms with Gasteiger partial charge < -0.3 is 35.1 Å². The van der Waals surface area contributed by atoms with E-state index in [1.165, 1.54) is 18.9 Å². The first-order valence-corrected chi connectivity index (χ1v) is 17.9. The van der Waals surface area contributed by atoms with Crippen molar-refractivity contribution < 1.29 is 38.8 Å². The first kappa shape index (κ1) is 32.9. The number of hydrogen-bond acceptors (Lipinski definition) is 11. The molecule has 0 radical (unpaired) electrons. The number of fused-ring (bicyclic) bond motifs is 5. The summed E-state index contributed by atoms with van der Waals surface area (Å²) in [5.41, 5.74) is 5.64. The molecule has 1 saturated heterocycles. The molecule has 49 heavy (non-hydrogen) atoms. The van der Waals surface area contributed by atoms with Gasteiger partial charge in [0.25, 0.3) is 0 Å². The molecule has 5 aliphatic carbocycles. The highest BCUT2D eigenvalue weighted by atomic mass is 32.2. The molecule has 0 bridgehead atoms. The second-order valence-corrected chi connectivity index (χ2v) is 16.5. The minimum atomic E-state index is -1.34. The van der Waals surface area contributed by atoms with Crippen molar-refractivity contribution in [3.05, 3.63) is 50.6 Å². The molecule has 12 heteroatoms. The molecule has 8 rings (SSSR count). The molecule has 9 atom stereocenters. The van der Waals surface area contributed by atoms with E-state index in [2.05, 4.69) is 30.6 Å². The second kappa shape index (κ2) is 10.9. The number of carboxylic acids is 1. The van der Waals surface area contributed by atoms with Gasteiger partial charge >= 0.3 is 5.97 Å². The molecule has 0 saturated carbocycles. The number of carbonyl (C=O) groups excluding carboxylic acids is 2. The van der Waals surface area contributed by atoms with Gasteiger partial charge in [-0.25, -0.2) is 4.79 Å². The Hall–Kier alpha value is -3.29. The highest BCUT2D eigenvalue weighted by Crippen LogP contribution is 2.65. The molecule has 4 N–H and O–H groups in total. The average Bonchev–Trinajstić information content (AvgIpc) is 3.17. The molecule has 9 unspecified atom stereocenters. The number of aliphatic imine (C=N–C) groups is 1. The maximum atomic E-state index is 14.1. The number of rotatable bonds is 5. The minimum Gasteiger partial charge on any atom is -0.504 e. The van der Waals surface area contributed by atoms with E-state index in [1.54, 1.807) is 28.1 Å². The third-order valence-corrected chi connectivity index (χ3v) is 13.4. The summed E-state index contributed by atoms with van der Waals surface area (Å²) in [6, 6.07) is -0.439. The molecular formula is C37H43N3O8S. The van der Waals surface area contributed by atoms with Crippen LogP contribution in [0.4, 0.5) is 0 Å². The van der Waals surface area contributed by atoms with Crippen molar-refractivity contribution in [3.8, 4) is 11.5 Å². The standard InChI is InChI=1S/C37H43N3O8S/c1-13-9-15-19-22-24-20(31(43)32(47-7)25(22)18(13)14(2)41)16(42)10-17(46-6)21(24)26-23(19)27(29-28(15)38-11-36(3,4)39-29)30-34(33(26)48-8)49-12-37(5,40-30)35(44)45/h9,15,17-19,28-29,33-34,38-39,43H,10-12H2,1-8H3,(H,44,45). The quantitative estimate of drug-likeness (QED) is 0.336. The van der Waals surface area contributed by atoms with E-state index >= 15 is 0 Å². The van der Waals surface area contributed by atoms with Crippen LogP contribution >= 0.6 is 11.8 Å². The summed E-state index contributed by atoms with van der Waals surface area (Å²) in [5.74, 6) is -2.53. The van der Waals surface area contributed by atoms with E-state index in [0.717, 1.165) is 33.4 Å². The number of aromatic hydroxyl groups is 1. The summed E-state index contributed by atoms with van der Waals surface area (Å²) >= 11 is 1.53. The van der Waals surface area contributed by atoms with Crippen molar-refractivity contribution in [2.75, 3.05) is 33.6 Å². The third kappa shape index (κ3) is 4.24.